The van der Waals surface area contributed by atoms with Gasteiger partial charge < -0.3 is 5.32 Å². The zero-order chi connectivity index (χ0) is 10.1. The highest BCUT2D eigenvalue weighted by Crippen LogP contribution is 2.20. The summed E-state index contributed by atoms with van der Waals surface area (Å²) in [5, 5.41) is 2.67. The lowest BCUT2D eigenvalue weighted by Crippen LogP contribution is -2.43. The van der Waals surface area contributed by atoms with Crippen molar-refractivity contribution in [3.63, 3.8) is 0 Å². The van der Waals surface area contributed by atoms with Crippen LogP contribution in [-0.4, -0.2) is 32.7 Å². The molecule has 1 aliphatic heterocycles. The van der Waals surface area contributed by atoms with E-state index in [9.17, 15) is 13.2 Å². The van der Waals surface area contributed by atoms with Crippen LogP contribution in [0.5, 0.6) is 0 Å². The molecule has 0 aromatic heterocycles. The first-order valence-electron chi connectivity index (χ1n) is 3.96. The third-order valence-electron chi connectivity index (χ3n) is 1.94. The lowest BCUT2D eigenvalue weighted by atomic mass is 10.0. The van der Waals surface area contributed by atoms with Gasteiger partial charge in [0.25, 0.3) is 10.1 Å². The topological polar surface area (TPSA) is 72.5 Å². The second kappa shape index (κ2) is 3.26. The highest BCUT2D eigenvalue weighted by Gasteiger charge is 2.34. The Kier molecular flexibility index (Phi) is 2.63. The molecule has 1 amide bonds. The Morgan fingerprint density at radius 2 is 2.23 bits per heavy atom. The summed E-state index contributed by atoms with van der Waals surface area (Å²) in [6.45, 7) is 1.78. The van der Waals surface area contributed by atoms with Gasteiger partial charge in [-0.15, -0.1) is 0 Å². The first-order chi connectivity index (χ1) is 5.81. The van der Waals surface area contributed by atoms with Gasteiger partial charge in [-0.3, -0.25) is 8.98 Å². The van der Waals surface area contributed by atoms with Gasteiger partial charge in [0.1, 0.15) is 0 Å². The van der Waals surface area contributed by atoms with Crippen molar-refractivity contribution in [3.05, 3.63) is 0 Å². The Hall–Kier alpha value is -0.620. The fraction of sp³-hybridized carbons (Fsp3) is 0.857. The monoisotopic (exact) mass is 207 g/mol. The number of hydrogen-bond donors (Lipinski definition) is 1. The van der Waals surface area contributed by atoms with E-state index >= 15 is 0 Å². The van der Waals surface area contributed by atoms with Crippen LogP contribution in [0.3, 0.4) is 0 Å². The Bertz CT molecular complexity index is 310. The van der Waals surface area contributed by atoms with Gasteiger partial charge >= 0.3 is 0 Å². The number of nitrogens with one attached hydrogen (secondary N) is 1. The van der Waals surface area contributed by atoms with Crippen LogP contribution in [0, 0.1) is 0 Å². The van der Waals surface area contributed by atoms with Gasteiger partial charge in [0.15, 0.2) is 0 Å². The summed E-state index contributed by atoms with van der Waals surface area (Å²) in [6, 6.07) is 0. The molecule has 0 bridgehead atoms. The summed E-state index contributed by atoms with van der Waals surface area (Å²) in [4.78, 5) is 10.9. The van der Waals surface area contributed by atoms with Crippen LogP contribution in [0.15, 0.2) is 0 Å². The van der Waals surface area contributed by atoms with E-state index < -0.39 is 15.7 Å². The molecule has 1 fully saturated rings. The molecule has 1 rings (SSSR count). The molecule has 0 aromatic carbocycles. The van der Waals surface area contributed by atoms with Gasteiger partial charge in [-0.2, -0.15) is 8.42 Å². The smallest absolute Gasteiger partial charge is 0.264 e. The zero-order valence-corrected chi connectivity index (χ0v) is 8.48. The summed E-state index contributed by atoms with van der Waals surface area (Å²) in [6.07, 6.45) is 2.04. The zero-order valence-electron chi connectivity index (χ0n) is 7.66. The van der Waals surface area contributed by atoms with Gasteiger partial charge in [-0.05, 0) is 13.3 Å². The fourth-order valence-electron chi connectivity index (χ4n) is 1.20. The van der Waals surface area contributed by atoms with Gasteiger partial charge in [0, 0.05) is 6.42 Å². The van der Waals surface area contributed by atoms with Crippen LogP contribution in [0.2, 0.25) is 0 Å². The summed E-state index contributed by atoms with van der Waals surface area (Å²) < 4.78 is 26.0. The number of carbonyl (C=O) groups is 1. The average molecular weight is 207 g/mol. The third-order valence-corrected chi connectivity index (χ3v) is 2.48. The molecule has 0 unspecified atom stereocenters. The second-order valence-corrected chi connectivity index (χ2v) is 5.22. The van der Waals surface area contributed by atoms with E-state index in [0.717, 1.165) is 6.26 Å². The summed E-state index contributed by atoms with van der Waals surface area (Å²) in [7, 11) is -3.42. The number of hydrogen-bond acceptors (Lipinski definition) is 4. The van der Waals surface area contributed by atoms with Crippen molar-refractivity contribution in [1.82, 2.24) is 5.32 Å². The largest absolute Gasteiger partial charge is 0.349 e. The van der Waals surface area contributed by atoms with Gasteiger partial charge in [-0.1, -0.05) is 0 Å². The standard InChI is InChI=1S/C7H13NO4S/c1-7(4-3-6(9)8-7)5-12-13(2,10)11/h3-5H2,1-2H3,(H,8,9)/t7-/m1/s1. The highest BCUT2D eigenvalue weighted by atomic mass is 32.2. The molecule has 1 aliphatic rings. The van der Waals surface area contributed by atoms with Crippen molar-refractivity contribution in [2.75, 3.05) is 12.9 Å². The maximum atomic E-state index is 10.9. The Balaban J connectivity index is 2.50. The van der Waals surface area contributed by atoms with Crippen molar-refractivity contribution in [2.45, 2.75) is 25.3 Å². The molecule has 0 saturated carbocycles. The van der Waals surface area contributed by atoms with Gasteiger partial charge in [0.2, 0.25) is 5.91 Å². The first-order valence-corrected chi connectivity index (χ1v) is 5.78. The highest BCUT2D eigenvalue weighted by molar-refractivity contribution is 7.85. The van der Waals surface area contributed by atoms with Crippen molar-refractivity contribution in [3.8, 4) is 0 Å². The summed E-state index contributed by atoms with van der Waals surface area (Å²) in [5.74, 6) is -0.0559. The SMILES string of the molecule is C[C@]1(COS(C)(=O)=O)CCC(=O)N1. The molecular weight excluding hydrogens is 194 g/mol. The molecule has 0 spiro atoms. The third kappa shape index (κ3) is 3.31. The fourth-order valence-corrected chi connectivity index (χ4v) is 1.67. The molecule has 1 atom stereocenters. The maximum Gasteiger partial charge on any atom is 0.264 e. The predicted molar refractivity (Wildman–Crippen MR) is 46.6 cm³/mol. The number of rotatable bonds is 3. The maximum absolute atomic E-state index is 10.9. The van der Waals surface area contributed by atoms with Crippen LogP contribution < -0.4 is 5.32 Å². The normalized spacial score (nSPS) is 28.9. The van der Waals surface area contributed by atoms with Crippen molar-refractivity contribution < 1.29 is 17.4 Å². The number of amides is 1. The van der Waals surface area contributed by atoms with Crippen LogP contribution in [0.1, 0.15) is 19.8 Å². The van der Waals surface area contributed by atoms with E-state index in [0.29, 0.717) is 12.8 Å². The van der Waals surface area contributed by atoms with Gasteiger partial charge in [-0.25, -0.2) is 0 Å². The molecule has 0 radical (unpaired) electrons. The van der Waals surface area contributed by atoms with Crippen LogP contribution >= 0.6 is 0 Å². The molecule has 5 nitrogen and oxygen atoms in total. The molecule has 1 saturated heterocycles. The quantitative estimate of drug-likeness (QED) is 0.641. The van der Waals surface area contributed by atoms with Crippen LogP contribution in [0.4, 0.5) is 0 Å². The first kappa shape index (κ1) is 10.5. The van der Waals surface area contributed by atoms with Gasteiger partial charge in [0.05, 0.1) is 18.4 Å². The molecule has 1 heterocycles. The van der Waals surface area contributed by atoms with E-state index in [1.807, 2.05) is 0 Å². The van der Waals surface area contributed by atoms with Crippen molar-refractivity contribution in [1.29, 1.82) is 0 Å². The minimum absolute atomic E-state index is 0.0115. The van der Waals surface area contributed by atoms with Crippen LogP contribution in [-0.2, 0) is 19.1 Å². The van der Waals surface area contributed by atoms with E-state index in [2.05, 4.69) is 9.50 Å². The second-order valence-electron chi connectivity index (χ2n) is 3.58. The lowest BCUT2D eigenvalue weighted by molar-refractivity contribution is -0.119. The van der Waals surface area contributed by atoms with Crippen molar-refractivity contribution in [2.24, 2.45) is 0 Å². The molecule has 6 heteroatoms. The summed E-state index contributed by atoms with van der Waals surface area (Å²) >= 11 is 0. The molecule has 0 aromatic rings. The Morgan fingerprint density at radius 1 is 1.62 bits per heavy atom. The van der Waals surface area contributed by atoms with E-state index in [4.69, 9.17) is 0 Å². The molecule has 1 N–H and O–H groups in total. The Morgan fingerprint density at radius 3 is 2.62 bits per heavy atom. The van der Waals surface area contributed by atoms with E-state index in [-0.39, 0.29) is 12.5 Å². The molecule has 0 aliphatic carbocycles. The van der Waals surface area contributed by atoms with Crippen molar-refractivity contribution >= 4 is 16.0 Å². The Labute approximate surface area is 77.6 Å². The minimum atomic E-state index is -3.42. The number of carbonyl (C=O) groups excluding carboxylic acids is 1. The van der Waals surface area contributed by atoms with E-state index in [1.165, 1.54) is 0 Å². The molecular formula is C7H13NO4S. The molecule has 13 heavy (non-hydrogen) atoms. The minimum Gasteiger partial charge on any atom is -0.349 e. The summed E-state index contributed by atoms with van der Waals surface area (Å²) in [5.41, 5.74) is -0.528. The van der Waals surface area contributed by atoms with E-state index in [1.54, 1.807) is 6.92 Å². The average Bonchev–Trinajstić information content (AvgIpc) is 2.27. The van der Waals surface area contributed by atoms with Crippen LogP contribution in [0.25, 0.3) is 0 Å². The molecule has 76 valence electrons. The predicted octanol–water partition coefficient (Wildman–Crippen LogP) is -0.369. The lowest BCUT2D eigenvalue weighted by Gasteiger charge is -2.22.